The maximum atomic E-state index is 11.8. The van der Waals surface area contributed by atoms with Crippen LogP contribution in [0.2, 0.25) is 0 Å². The van der Waals surface area contributed by atoms with E-state index in [1.54, 1.807) is 13.2 Å². The van der Waals surface area contributed by atoms with Gasteiger partial charge in [-0.05, 0) is 6.26 Å². The Kier molecular flexibility index (Phi) is 6.95. The van der Waals surface area contributed by atoms with Gasteiger partial charge in [-0.25, -0.2) is 9.97 Å². The number of hydrogen-bond donors (Lipinski definition) is 1. The molecular weight excluding hydrogens is 432 g/mol. The predicted molar refractivity (Wildman–Crippen MR) is 106 cm³/mol. The highest BCUT2D eigenvalue weighted by molar-refractivity contribution is 7.98. The summed E-state index contributed by atoms with van der Waals surface area (Å²) in [7, 11) is 0. The lowest BCUT2D eigenvalue weighted by molar-refractivity contribution is -0.221. The quantitative estimate of drug-likeness (QED) is 0.288. The minimum atomic E-state index is -1.14. The van der Waals surface area contributed by atoms with E-state index in [1.807, 2.05) is 0 Å². The Labute approximate surface area is 181 Å². The van der Waals surface area contributed by atoms with Gasteiger partial charge in [0.2, 0.25) is 0 Å². The lowest BCUT2D eigenvalue weighted by atomic mass is 10.0. The van der Waals surface area contributed by atoms with Crippen molar-refractivity contribution in [2.45, 2.75) is 57.4 Å². The summed E-state index contributed by atoms with van der Waals surface area (Å²) in [6, 6.07) is 0. The molecular formula is C18H22N4O8S. The fraction of sp³-hybridized carbons (Fsp3) is 0.556. The van der Waals surface area contributed by atoms with E-state index >= 15 is 0 Å². The second kappa shape index (κ2) is 9.47. The maximum absolute atomic E-state index is 11.8. The Morgan fingerprint density at radius 1 is 1.00 bits per heavy atom. The first kappa shape index (κ1) is 22.7. The zero-order chi connectivity index (χ0) is 22.7. The molecule has 31 heavy (non-hydrogen) atoms. The van der Waals surface area contributed by atoms with Crippen LogP contribution in [0.1, 0.15) is 26.7 Å². The summed E-state index contributed by atoms with van der Waals surface area (Å²) < 4.78 is 27.2. The van der Waals surface area contributed by atoms with Gasteiger partial charge in [0.15, 0.2) is 46.9 Å². The number of thioether (sulfide) groups is 1. The fourth-order valence-corrected chi connectivity index (χ4v) is 3.46. The first-order valence-corrected chi connectivity index (χ1v) is 10.5. The van der Waals surface area contributed by atoms with Crippen LogP contribution in [0.15, 0.2) is 9.57 Å². The molecule has 1 aliphatic rings. The molecule has 2 aromatic heterocycles. The molecule has 3 rings (SSSR count). The van der Waals surface area contributed by atoms with E-state index in [2.05, 4.69) is 20.3 Å². The summed E-state index contributed by atoms with van der Waals surface area (Å²) in [5, 5.41) is 3.44. The molecule has 0 bridgehead atoms. The van der Waals surface area contributed by atoms with E-state index in [4.69, 9.17) is 23.4 Å². The molecule has 1 saturated heterocycles. The zero-order valence-electron chi connectivity index (χ0n) is 17.5. The van der Waals surface area contributed by atoms with Gasteiger partial charge in [-0.1, -0.05) is 11.8 Å². The molecule has 2 aromatic rings. The van der Waals surface area contributed by atoms with Crippen molar-refractivity contribution >= 4 is 46.7 Å². The van der Waals surface area contributed by atoms with Gasteiger partial charge in [0, 0.05) is 27.7 Å². The number of aryl methyl sites for hydroxylation is 1. The summed E-state index contributed by atoms with van der Waals surface area (Å²) in [5.74, 6) is -1.21. The summed E-state index contributed by atoms with van der Waals surface area (Å²) in [6.07, 6.45) is -2.41. The Balaban J connectivity index is 1.97. The molecule has 0 spiro atoms. The summed E-state index contributed by atoms with van der Waals surface area (Å²) >= 11 is 1.29. The van der Waals surface area contributed by atoms with Crippen molar-refractivity contribution in [1.82, 2.24) is 15.0 Å². The molecule has 0 saturated carbocycles. The predicted octanol–water partition coefficient (Wildman–Crippen LogP) is 1.21. The SMILES string of the molecule is CSc1nc(N[C@@H]2OC[C@@H](OC(C)=O)[C@H](OC(C)=O)[C@H]2OC(C)=O)c2nc(C)oc2n1. The van der Waals surface area contributed by atoms with Crippen molar-refractivity contribution in [3.63, 3.8) is 0 Å². The first-order valence-electron chi connectivity index (χ1n) is 9.27. The largest absolute Gasteiger partial charge is 0.456 e. The lowest BCUT2D eigenvalue weighted by Gasteiger charge is -2.40. The standard InChI is InChI=1S/C18H22N4O8S/c1-7-19-12-15(21-18(31-5)22-16(12)27-7)20-17-14(30-10(4)25)13(29-9(3)24)11(6-26-17)28-8(2)23/h11,13-14,17H,6H2,1-5H3,(H,20,21,22)/t11-,13+,14-,17-/m1/s1. The van der Waals surface area contributed by atoms with Crippen LogP contribution >= 0.6 is 11.8 Å². The third kappa shape index (κ3) is 5.41. The topological polar surface area (TPSA) is 152 Å². The van der Waals surface area contributed by atoms with Crippen molar-refractivity contribution in [2.24, 2.45) is 0 Å². The third-order valence-electron chi connectivity index (χ3n) is 4.16. The Hall–Kier alpha value is -2.93. The van der Waals surface area contributed by atoms with Crippen LogP contribution in [0, 0.1) is 6.92 Å². The second-order valence-corrected chi connectivity index (χ2v) is 7.41. The molecule has 1 fully saturated rings. The zero-order valence-corrected chi connectivity index (χ0v) is 18.3. The van der Waals surface area contributed by atoms with Gasteiger partial charge in [-0.2, -0.15) is 4.98 Å². The number of esters is 3. The van der Waals surface area contributed by atoms with E-state index in [0.717, 1.165) is 0 Å². The molecule has 0 aliphatic carbocycles. The van der Waals surface area contributed by atoms with Crippen molar-refractivity contribution in [3.05, 3.63) is 5.89 Å². The molecule has 3 heterocycles. The van der Waals surface area contributed by atoms with E-state index in [1.165, 1.54) is 32.5 Å². The molecule has 1 aliphatic heterocycles. The van der Waals surface area contributed by atoms with Crippen LogP contribution in [0.3, 0.4) is 0 Å². The Morgan fingerprint density at radius 3 is 2.26 bits per heavy atom. The minimum absolute atomic E-state index is 0.117. The van der Waals surface area contributed by atoms with Crippen LogP contribution in [0.5, 0.6) is 0 Å². The van der Waals surface area contributed by atoms with Crippen LogP contribution in [-0.2, 0) is 33.3 Å². The monoisotopic (exact) mass is 454 g/mol. The van der Waals surface area contributed by atoms with E-state index in [-0.39, 0.29) is 18.1 Å². The van der Waals surface area contributed by atoms with Gasteiger partial charge in [0.05, 0.1) is 6.61 Å². The number of carbonyl (C=O) groups excluding carboxylic acids is 3. The number of aromatic nitrogens is 3. The molecule has 12 nitrogen and oxygen atoms in total. The lowest BCUT2D eigenvalue weighted by Crippen LogP contribution is -2.59. The van der Waals surface area contributed by atoms with Gasteiger partial charge in [0.1, 0.15) is 0 Å². The van der Waals surface area contributed by atoms with Crippen LogP contribution in [0.4, 0.5) is 5.82 Å². The molecule has 0 radical (unpaired) electrons. The average molecular weight is 454 g/mol. The van der Waals surface area contributed by atoms with Crippen molar-refractivity contribution in [1.29, 1.82) is 0 Å². The van der Waals surface area contributed by atoms with Gasteiger partial charge < -0.3 is 28.7 Å². The molecule has 168 valence electrons. The molecule has 0 aromatic carbocycles. The molecule has 13 heteroatoms. The van der Waals surface area contributed by atoms with Gasteiger partial charge in [-0.15, -0.1) is 0 Å². The number of anilines is 1. The number of fused-ring (bicyclic) bond motifs is 1. The summed E-state index contributed by atoms with van der Waals surface area (Å²) in [6.45, 7) is 5.17. The Morgan fingerprint density at radius 2 is 1.65 bits per heavy atom. The minimum Gasteiger partial charge on any atom is -0.456 e. The van der Waals surface area contributed by atoms with Gasteiger partial charge in [0.25, 0.3) is 5.71 Å². The summed E-state index contributed by atoms with van der Waals surface area (Å²) in [4.78, 5) is 47.9. The average Bonchev–Trinajstić information content (AvgIpc) is 3.05. The summed E-state index contributed by atoms with van der Waals surface area (Å²) in [5.41, 5.74) is 0.625. The van der Waals surface area contributed by atoms with Crippen molar-refractivity contribution in [3.8, 4) is 0 Å². The second-order valence-electron chi connectivity index (χ2n) is 6.64. The first-order chi connectivity index (χ1) is 14.7. The number of carbonyl (C=O) groups is 3. The number of nitrogens with zero attached hydrogens (tertiary/aromatic N) is 3. The van der Waals surface area contributed by atoms with E-state index in [9.17, 15) is 14.4 Å². The van der Waals surface area contributed by atoms with Crippen LogP contribution in [-0.4, -0.2) is 70.3 Å². The normalized spacial score (nSPS) is 23.3. The van der Waals surface area contributed by atoms with Crippen molar-refractivity contribution in [2.75, 3.05) is 18.2 Å². The van der Waals surface area contributed by atoms with E-state index < -0.39 is 42.4 Å². The van der Waals surface area contributed by atoms with Crippen LogP contribution in [0.25, 0.3) is 11.2 Å². The molecule has 0 amide bonds. The Bertz CT molecular complexity index is 996. The highest BCUT2D eigenvalue weighted by atomic mass is 32.2. The number of oxazole rings is 1. The molecule has 1 N–H and O–H groups in total. The van der Waals surface area contributed by atoms with Crippen molar-refractivity contribution < 1.29 is 37.7 Å². The van der Waals surface area contributed by atoms with E-state index in [0.29, 0.717) is 16.6 Å². The van der Waals surface area contributed by atoms with Gasteiger partial charge in [-0.3, -0.25) is 14.4 Å². The van der Waals surface area contributed by atoms with Gasteiger partial charge >= 0.3 is 17.9 Å². The number of nitrogens with one attached hydrogen (secondary N) is 1. The third-order valence-corrected chi connectivity index (χ3v) is 4.70. The smallest absolute Gasteiger partial charge is 0.303 e. The number of rotatable bonds is 6. The highest BCUT2D eigenvalue weighted by Crippen LogP contribution is 2.29. The van der Waals surface area contributed by atoms with Crippen LogP contribution < -0.4 is 5.32 Å². The molecule has 4 atom stereocenters. The maximum Gasteiger partial charge on any atom is 0.303 e. The fourth-order valence-electron chi connectivity index (χ4n) is 3.10. The highest BCUT2D eigenvalue weighted by Gasteiger charge is 2.47. The number of ether oxygens (including phenoxy) is 4. The molecule has 0 unspecified atom stereocenters. The number of hydrogen-bond acceptors (Lipinski definition) is 13.